The second-order valence-corrected chi connectivity index (χ2v) is 4.72. The largest absolute Gasteiger partial charge is 0.0839 e. The maximum atomic E-state index is 5.52. The summed E-state index contributed by atoms with van der Waals surface area (Å²) in [5.74, 6) is 0. The first-order chi connectivity index (χ1) is 8.34. The summed E-state index contributed by atoms with van der Waals surface area (Å²) in [5, 5.41) is 0. The minimum Gasteiger partial charge on any atom is -0.0839 e. The van der Waals surface area contributed by atoms with Gasteiger partial charge in [-0.1, -0.05) is 66.8 Å². The highest BCUT2D eigenvalue weighted by atomic mass is 32.1. The number of thiocarbonyl (C=S) groups is 1. The van der Waals surface area contributed by atoms with Crippen molar-refractivity contribution in [2.24, 2.45) is 0 Å². The maximum absolute atomic E-state index is 5.52. The van der Waals surface area contributed by atoms with Crippen molar-refractivity contribution in [2.75, 3.05) is 0 Å². The van der Waals surface area contributed by atoms with Crippen LogP contribution in [0.25, 0.3) is 11.6 Å². The molecule has 3 rings (SSSR count). The normalized spacial score (nSPS) is 14.1. The monoisotopic (exact) mass is 236 g/mol. The summed E-state index contributed by atoms with van der Waals surface area (Å²) in [6.07, 6.45) is 3.09. The van der Waals surface area contributed by atoms with Gasteiger partial charge in [-0.05, 0) is 28.3 Å². The first-order valence-electron chi connectivity index (χ1n) is 5.73. The van der Waals surface area contributed by atoms with Crippen molar-refractivity contribution < 1.29 is 0 Å². The van der Waals surface area contributed by atoms with Crippen LogP contribution in [0.4, 0.5) is 0 Å². The molecule has 0 saturated heterocycles. The highest BCUT2D eigenvalue weighted by Gasteiger charge is 2.15. The van der Waals surface area contributed by atoms with Crippen LogP contribution in [0.15, 0.2) is 54.6 Å². The first-order valence-corrected chi connectivity index (χ1v) is 6.13. The lowest BCUT2D eigenvalue weighted by molar-refractivity contribution is 1.33. The number of allylic oxidation sites excluding steroid dienone is 1. The Balaban J connectivity index is 2.13. The van der Waals surface area contributed by atoms with Crippen LogP contribution in [0.1, 0.15) is 16.7 Å². The molecule has 0 radical (unpaired) electrons. The van der Waals surface area contributed by atoms with E-state index in [1.54, 1.807) is 0 Å². The zero-order valence-electron chi connectivity index (χ0n) is 9.39. The van der Waals surface area contributed by atoms with Crippen LogP contribution < -0.4 is 0 Å². The fraction of sp³-hybridized carbons (Fsp3) is 0.0625. The van der Waals surface area contributed by atoms with Gasteiger partial charge in [-0.25, -0.2) is 0 Å². The van der Waals surface area contributed by atoms with Gasteiger partial charge >= 0.3 is 0 Å². The topological polar surface area (TPSA) is 0 Å². The Morgan fingerprint density at radius 2 is 1.53 bits per heavy atom. The SMILES string of the molecule is S=C1Cc2ccccc2C=C1c1ccccc1. The molecule has 0 unspecified atom stereocenters. The number of rotatable bonds is 1. The summed E-state index contributed by atoms with van der Waals surface area (Å²) in [7, 11) is 0. The zero-order chi connectivity index (χ0) is 11.7. The molecule has 17 heavy (non-hydrogen) atoms. The predicted molar refractivity (Wildman–Crippen MR) is 77.1 cm³/mol. The van der Waals surface area contributed by atoms with Gasteiger partial charge in [0, 0.05) is 11.3 Å². The Labute approximate surface area is 107 Å². The minimum absolute atomic E-state index is 0.881. The van der Waals surface area contributed by atoms with E-state index in [-0.39, 0.29) is 0 Å². The molecule has 0 fully saturated rings. The summed E-state index contributed by atoms with van der Waals surface area (Å²) in [4.78, 5) is 1.04. The number of fused-ring (bicyclic) bond motifs is 1. The van der Waals surface area contributed by atoms with Crippen molar-refractivity contribution in [1.82, 2.24) is 0 Å². The van der Waals surface area contributed by atoms with Gasteiger partial charge in [0.05, 0.1) is 0 Å². The maximum Gasteiger partial charge on any atom is 0.0274 e. The zero-order valence-corrected chi connectivity index (χ0v) is 10.2. The molecule has 0 nitrogen and oxygen atoms in total. The first kappa shape index (κ1) is 10.4. The number of hydrogen-bond acceptors (Lipinski definition) is 1. The molecule has 0 spiro atoms. The van der Waals surface area contributed by atoms with Crippen LogP contribution in [0, 0.1) is 0 Å². The molecule has 0 N–H and O–H groups in total. The van der Waals surface area contributed by atoms with Gasteiger partial charge in [-0.3, -0.25) is 0 Å². The van der Waals surface area contributed by atoms with Crippen LogP contribution >= 0.6 is 12.2 Å². The summed E-state index contributed by atoms with van der Waals surface area (Å²) in [6.45, 7) is 0. The summed E-state index contributed by atoms with van der Waals surface area (Å²) < 4.78 is 0. The fourth-order valence-electron chi connectivity index (χ4n) is 2.20. The molecule has 0 bridgehead atoms. The fourth-order valence-corrected chi connectivity index (χ4v) is 2.53. The average Bonchev–Trinajstić information content (AvgIpc) is 2.39. The van der Waals surface area contributed by atoms with Crippen molar-refractivity contribution in [3.05, 3.63) is 71.3 Å². The summed E-state index contributed by atoms with van der Waals surface area (Å²) in [5.41, 5.74) is 5.03. The van der Waals surface area contributed by atoms with Crippen molar-refractivity contribution in [1.29, 1.82) is 0 Å². The van der Waals surface area contributed by atoms with Gasteiger partial charge in [0.25, 0.3) is 0 Å². The molecule has 0 heterocycles. The molecule has 1 aliphatic carbocycles. The van der Waals surface area contributed by atoms with Crippen LogP contribution in [0.3, 0.4) is 0 Å². The average molecular weight is 236 g/mol. The van der Waals surface area contributed by atoms with E-state index < -0.39 is 0 Å². The summed E-state index contributed by atoms with van der Waals surface area (Å²) in [6, 6.07) is 18.8. The molecule has 0 aliphatic heterocycles. The molecule has 1 aliphatic rings. The van der Waals surface area contributed by atoms with Gasteiger partial charge in [0.2, 0.25) is 0 Å². The minimum atomic E-state index is 0.881. The summed E-state index contributed by atoms with van der Waals surface area (Å²) >= 11 is 5.52. The van der Waals surface area contributed by atoms with Crippen molar-refractivity contribution in [3.8, 4) is 0 Å². The number of hydrogen-bond donors (Lipinski definition) is 0. The van der Waals surface area contributed by atoms with E-state index in [9.17, 15) is 0 Å². The van der Waals surface area contributed by atoms with E-state index in [0.717, 1.165) is 11.3 Å². The molecular formula is C16H12S. The van der Waals surface area contributed by atoms with E-state index in [4.69, 9.17) is 12.2 Å². The lowest BCUT2D eigenvalue weighted by atomic mass is 9.88. The van der Waals surface area contributed by atoms with Gasteiger partial charge in [-0.2, -0.15) is 0 Å². The van der Waals surface area contributed by atoms with E-state index >= 15 is 0 Å². The smallest absolute Gasteiger partial charge is 0.0274 e. The Morgan fingerprint density at radius 3 is 2.35 bits per heavy atom. The van der Waals surface area contributed by atoms with Gasteiger partial charge in [-0.15, -0.1) is 0 Å². The van der Waals surface area contributed by atoms with Crippen molar-refractivity contribution in [3.63, 3.8) is 0 Å². The van der Waals surface area contributed by atoms with Gasteiger partial charge < -0.3 is 0 Å². The Hall–Kier alpha value is -1.73. The Kier molecular flexibility index (Phi) is 2.62. The molecule has 2 aromatic rings. The highest BCUT2D eigenvalue weighted by Crippen LogP contribution is 2.28. The third-order valence-corrected chi connectivity index (χ3v) is 3.46. The van der Waals surface area contributed by atoms with Crippen LogP contribution in [-0.2, 0) is 6.42 Å². The Morgan fingerprint density at radius 1 is 0.824 bits per heavy atom. The van der Waals surface area contributed by atoms with E-state index in [0.29, 0.717) is 0 Å². The number of benzene rings is 2. The Bertz CT molecular complexity index is 594. The third kappa shape index (κ3) is 1.94. The van der Waals surface area contributed by atoms with Crippen LogP contribution in [0.5, 0.6) is 0 Å². The second-order valence-electron chi connectivity index (χ2n) is 4.22. The molecule has 1 heteroatoms. The molecule has 0 saturated carbocycles. The molecule has 82 valence electrons. The molecule has 2 aromatic carbocycles. The van der Waals surface area contributed by atoms with E-state index in [1.807, 2.05) is 6.07 Å². The highest BCUT2D eigenvalue weighted by molar-refractivity contribution is 7.81. The third-order valence-electron chi connectivity index (χ3n) is 3.09. The van der Waals surface area contributed by atoms with E-state index in [2.05, 4.69) is 54.6 Å². The van der Waals surface area contributed by atoms with Gasteiger partial charge in [0.15, 0.2) is 0 Å². The van der Waals surface area contributed by atoms with Crippen LogP contribution in [-0.4, -0.2) is 4.86 Å². The van der Waals surface area contributed by atoms with E-state index in [1.165, 1.54) is 22.3 Å². The second kappa shape index (κ2) is 4.27. The van der Waals surface area contributed by atoms with Crippen molar-refractivity contribution >= 4 is 28.7 Å². The lowest BCUT2D eigenvalue weighted by Gasteiger charge is -2.17. The lowest BCUT2D eigenvalue weighted by Crippen LogP contribution is -2.09. The van der Waals surface area contributed by atoms with Crippen LogP contribution in [0.2, 0.25) is 0 Å². The molecular weight excluding hydrogens is 224 g/mol. The van der Waals surface area contributed by atoms with Gasteiger partial charge in [0.1, 0.15) is 0 Å². The predicted octanol–water partition coefficient (Wildman–Crippen LogP) is 4.15. The molecule has 0 atom stereocenters. The van der Waals surface area contributed by atoms with Crippen molar-refractivity contribution in [2.45, 2.75) is 6.42 Å². The quantitative estimate of drug-likeness (QED) is 0.670. The molecule has 0 aromatic heterocycles. The molecule has 0 amide bonds. The standard InChI is InChI=1S/C16H12S/c17-16-11-14-9-5-4-8-13(14)10-15(16)12-6-2-1-3-7-12/h1-10H,11H2.